The second kappa shape index (κ2) is 6.92. The summed E-state index contributed by atoms with van der Waals surface area (Å²) >= 11 is 5.72. The first-order valence-electron chi connectivity index (χ1n) is 7.46. The zero-order valence-electron chi connectivity index (χ0n) is 13.4. The number of pyridine rings is 1. The van der Waals surface area contributed by atoms with Gasteiger partial charge >= 0.3 is 5.97 Å². The van der Waals surface area contributed by atoms with Crippen molar-refractivity contribution in [1.82, 2.24) is 24.6 Å². The minimum atomic E-state index is -0.276. The van der Waals surface area contributed by atoms with Crippen molar-refractivity contribution in [2.24, 2.45) is 0 Å². The lowest BCUT2D eigenvalue weighted by atomic mass is 10.1. The average molecular weight is 346 g/mol. The van der Waals surface area contributed by atoms with Gasteiger partial charge < -0.3 is 4.74 Å². The van der Waals surface area contributed by atoms with E-state index in [1.807, 2.05) is 13.8 Å². The molecule has 0 atom stereocenters. The number of hydrogen-bond donors (Lipinski definition) is 0. The monoisotopic (exact) mass is 345 g/mol. The van der Waals surface area contributed by atoms with Crippen molar-refractivity contribution < 1.29 is 9.53 Å². The van der Waals surface area contributed by atoms with Gasteiger partial charge in [0.25, 0.3) is 5.78 Å². The summed E-state index contributed by atoms with van der Waals surface area (Å²) in [5.74, 6) is 0.286. The van der Waals surface area contributed by atoms with Crippen molar-refractivity contribution in [2.75, 3.05) is 0 Å². The Balaban J connectivity index is 1.61. The first kappa shape index (κ1) is 16.3. The Morgan fingerprint density at radius 1 is 1.29 bits per heavy atom. The largest absolute Gasteiger partial charge is 0.461 e. The number of esters is 1. The van der Waals surface area contributed by atoms with Crippen LogP contribution in [0.2, 0.25) is 5.15 Å². The van der Waals surface area contributed by atoms with E-state index in [9.17, 15) is 4.79 Å². The van der Waals surface area contributed by atoms with Gasteiger partial charge in [-0.1, -0.05) is 17.7 Å². The number of aromatic nitrogens is 5. The molecule has 0 spiro atoms. The molecule has 0 aliphatic carbocycles. The lowest BCUT2D eigenvalue weighted by Crippen LogP contribution is -2.10. The number of carbonyl (C=O) groups is 1. The Hall–Kier alpha value is -2.54. The highest BCUT2D eigenvalue weighted by Gasteiger charge is 2.13. The predicted molar refractivity (Wildman–Crippen MR) is 87.6 cm³/mol. The normalized spacial score (nSPS) is 11.0. The maximum Gasteiger partial charge on any atom is 0.306 e. The molecular weight excluding hydrogens is 330 g/mol. The molecule has 124 valence electrons. The number of fused-ring (bicyclic) bond motifs is 1. The summed E-state index contributed by atoms with van der Waals surface area (Å²) < 4.78 is 6.94. The molecule has 8 heteroatoms. The van der Waals surface area contributed by atoms with Crippen molar-refractivity contribution in [3.05, 3.63) is 52.3 Å². The molecule has 0 saturated carbocycles. The molecule has 0 aromatic carbocycles. The van der Waals surface area contributed by atoms with Crippen LogP contribution >= 0.6 is 11.6 Å². The van der Waals surface area contributed by atoms with Crippen molar-refractivity contribution in [1.29, 1.82) is 0 Å². The summed E-state index contributed by atoms with van der Waals surface area (Å²) in [6.45, 7) is 4.03. The lowest BCUT2D eigenvalue weighted by Gasteiger charge is -2.10. The first-order chi connectivity index (χ1) is 11.5. The highest BCUT2D eigenvalue weighted by atomic mass is 35.5. The second-order valence-corrected chi connectivity index (χ2v) is 5.77. The van der Waals surface area contributed by atoms with E-state index in [4.69, 9.17) is 16.3 Å². The van der Waals surface area contributed by atoms with Gasteiger partial charge in [-0.25, -0.2) is 14.5 Å². The topological polar surface area (TPSA) is 82.3 Å². The Morgan fingerprint density at radius 3 is 2.88 bits per heavy atom. The molecule has 0 amide bonds. The van der Waals surface area contributed by atoms with Crippen LogP contribution in [0.1, 0.15) is 28.9 Å². The summed E-state index contributed by atoms with van der Waals surface area (Å²) in [5.41, 5.74) is 3.57. The molecule has 3 aromatic heterocycles. The van der Waals surface area contributed by atoms with E-state index in [0.29, 0.717) is 17.4 Å². The Morgan fingerprint density at radius 2 is 2.12 bits per heavy atom. The number of rotatable bonds is 5. The fourth-order valence-electron chi connectivity index (χ4n) is 2.47. The molecule has 0 fully saturated rings. The SMILES string of the molecule is Cc1nc2ncnn2c(C)c1CCC(=O)OCc1ccc(Cl)nc1. The van der Waals surface area contributed by atoms with Crippen molar-refractivity contribution >= 4 is 23.3 Å². The van der Waals surface area contributed by atoms with Gasteiger partial charge in [-0.2, -0.15) is 10.1 Å². The van der Waals surface area contributed by atoms with Crippen LogP contribution in [0.15, 0.2) is 24.7 Å². The molecule has 3 heterocycles. The number of ether oxygens (including phenoxy) is 1. The zero-order valence-corrected chi connectivity index (χ0v) is 14.1. The molecule has 0 unspecified atom stereocenters. The third-order valence-corrected chi connectivity index (χ3v) is 3.98. The third kappa shape index (κ3) is 3.51. The van der Waals surface area contributed by atoms with Crippen LogP contribution in [0.25, 0.3) is 5.78 Å². The minimum Gasteiger partial charge on any atom is -0.461 e. The summed E-state index contributed by atoms with van der Waals surface area (Å²) in [6, 6.07) is 3.44. The molecule has 3 rings (SSSR count). The van der Waals surface area contributed by atoms with Gasteiger partial charge in [-0.15, -0.1) is 0 Å². The number of halogens is 1. The summed E-state index contributed by atoms with van der Waals surface area (Å²) in [6.07, 6.45) is 3.86. The Kier molecular flexibility index (Phi) is 4.71. The third-order valence-electron chi connectivity index (χ3n) is 3.76. The Labute approximate surface area is 143 Å². The quantitative estimate of drug-likeness (QED) is 0.522. The van der Waals surface area contributed by atoms with E-state index in [0.717, 1.165) is 22.5 Å². The van der Waals surface area contributed by atoms with Crippen LogP contribution in [0, 0.1) is 13.8 Å². The molecule has 0 bridgehead atoms. The number of nitrogens with zero attached hydrogens (tertiary/aromatic N) is 5. The first-order valence-corrected chi connectivity index (χ1v) is 7.84. The highest BCUT2D eigenvalue weighted by Crippen LogP contribution is 2.15. The van der Waals surface area contributed by atoms with Gasteiger partial charge in [0.2, 0.25) is 0 Å². The van der Waals surface area contributed by atoms with Gasteiger partial charge in [0, 0.05) is 29.6 Å². The maximum absolute atomic E-state index is 12.0. The van der Waals surface area contributed by atoms with Crippen LogP contribution in [-0.2, 0) is 22.6 Å². The maximum atomic E-state index is 12.0. The molecule has 24 heavy (non-hydrogen) atoms. The predicted octanol–water partition coefficient (Wildman–Crippen LogP) is 2.47. The average Bonchev–Trinajstić information content (AvgIpc) is 3.02. The van der Waals surface area contributed by atoms with E-state index in [1.54, 1.807) is 22.8 Å². The number of carbonyl (C=O) groups excluding carboxylic acids is 1. The molecule has 0 saturated heterocycles. The van der Waals surface area contributed by atoms with Crippen LogP contribution in [0.5, 0.6) is 0 Å². The van der Waals surface area contributed by atoms with Gasteiger partial charge in [-0.3, -0.25) is 4.79 Å². The fourth-order valence-corrected chi connectivity index (χ4v) is 2.58. The van der Waals surface area contributed by atoms with Crippen LogP contribution in [0.4, 0.5) is 0 Å². The molecule has 0 aliphatic rings. The fraction of sp³-hybridized carbons (Fsp3) is 0.312. The zero-order chi connectivity index (χ0) is 17.1. The lowest BCUT2D eigenvalue weighted by molar-refractivity contribution is -0.144. The number of aryl methyl sites for hydroxylation is 2. The van der Waals surface area contributed by atoms with E-state index >= 15 is 0 Å². The molecular formula is C16H16ClN5O2. The smallest absolute Gasteiger partial charge is 0.306 e. The van der Waals surface area contributed by atoms with E-state index in [-0.39, 0.29) is 19.0 Å². The molecule has 0 radical (unpaired) electrons. The van der Waals surface area contributed by atoms with Gasteiger partial charge in [0.1, 0.15) is 18.1 Å². The van der Waals surface area contributed by atoms with E-state index in [2.05, 4.69) is 20.1 Å². The molecule has 3 aromatic rings. The highest BCUT2D eigenvalue weighted by molar-refractivity contribution is 6.29. The molecule has 7 nitrogen and oxygen atoms in total. The van der Waals surface area contributed by atoms with Crippen molar-refractivity contribution in [3.8, 4) is 0 Å². The standard InChI is InChI=1S/C16H16ClN5O2/c1-10-13(11(2)22-16(21-10)19-9-20-22)4-6-15(23)24-8-12-3-5-14(17)18-7-12/h3,5,7,9H,4,6,8H2,1-2H3. The Bertz CT molecular complexity index is 876. The minimum absolute atomic E-state index is 0.182. The van der Waals surface area contributed by atoms with Crippen LogP contribution in [0.3, 0.4) is 0 Å². The summed E-state index contributed by atoms with van der Waals surface area (Å²) in [7, 11) is 0. The molecule has 0 aliphatic heterocycles. The van der Waals surface area contributed by atoms with E-state index < -0.39 is 0 Å². The molecule has 0 N–H and O–H groups in total. The summed E-state index contributed by atoms with van der Waals surface area (Å²) in [5, 5.41) is 4.55. The van der Waals surface area contributed by atoms with Gasteiger partial charge in [0.05, 0.1) is 0 Å². The van der Waals surface area contributed by atoms with Crippen LogP contribution in [-0.4, -0.2) is 30.5 Å². The van der Waals surface area contributed by atoms with Gasteiger partial charge in [-0.05, 0) is 31.9 Å². The summed E-state index contributed by atoms with van der Waals surface area (Å²) in [4.78, 5) is 24.4. The number of hydrogen-bond acceptors (Lipinski definition) is 6. The van der Waals surface area contributed by atoms with Crippen molar-refractivity contribution in [3.63, 3.8) is 0 Å². The van der Waals surface area contributed by atoms with E-state index in [1.165, 1.54) is 6.33 Å². The van der Waals surface area contributed by atoms with Crippen molar-refractivity contribution in [2.45, 2.75) is 33.3 Å². The van der Waals surface area contributed by atoms with Gasteiger partial charge in [0.15, 0.2) is 0 Å². The van der Waals surface area contributed by atoms with Crippen LogP contribution < -0.4 is 0 Å². The second-order valence-electron chi connectivity index (χ2n) is 5.38.